The van der Waals surface area contributed by atoms with Crippen molar-refractivity contribution in [3.8, 4) is 0 Å². The Morgan fingerprint density at radius 1 is 0.846 bits per heavy atom. The largest absolute Gasteiger partial charge is 0.355 e. The van der Waals surface area contributed by atoms with Crippen LogP contribution in [-0.2, 0) is 32.6 Å². The first kappa shape index (κ1) is 29.9. The van der Waals surface area contributed by atoms with E-state index < -0.39 is 28.5 Å². The number of aryl methyl sites for hydroxylation is 3. The van der Waals surface area contributed by atoms with Gasteiger partial charge in [0.1, 0.15) is 12.6 Å². The lowest BCUT2D eigenvalue weighted by molar-refractivity contribution is -0.140. The van der Waals surface area contributed by atoms with Crippen LogP contribution in [-0.4, -0.2) is 44.3 Å². The van der Waals surface area contributed by atoms with Crippen molar-refractivity contribution < 1.29 is 18.0 Å². The van der Waals surface area contributed by atoms with E-state index in [0.717, 1.165) is 22.3 Å². The number of nitrogens with one attached hydrogen (secondary N) is 1. The number of hydrogen-bond acceptors (Lipinski definition) is 4. The van der Waals surface area contributed by atoms with Gasteiger partial charge in [0.05, 0.1) is 10.6 Å². The Kier molecular flexibility index (Phi) is 10.3. The molecule has 7 nitrogen and oxygen atoms in total. The standard InChI is InChI=1S/C31H39N3O4S/c1-6-25-14-11-12-16-29(25)34(39(37,38)27-19-17-23(4)18-20-27)22-30(35)33(28(7-2)31(36)32-8-3)21-26-15-10-9-13-24(26)5/h9-20,28H,6-8,21-22H2,1-5H3,(H,32,36)/t28-/m1/s1. The van der Waals surface area contributed by atoms with E-state index in [-0.39, 0.29) is 17.3 Å². The minimum atomic E-state index is -4.09. The summed E-state index contributed by atoms with van der Waals surface area (Å²) in [6, 6.07) is 20.8. The van der Waals surface area contributed by atoms with Gasteiger partial charge in [0.25, 0.3) is 10.0 Å². The molecule has 0 unspecified atom stereocenters. The lowest BCUT2D eigenvalue weighted by Crippen LogP contribution is -2.52. The predicted molar refractivity (Wildman–Crippen MR) is 156 cm³/mol. The second-order valence-corrected chi connectivity index (χ2v) is 11.4. The number of likely N-dealkylation sites (N-methyl/N-ethyl adjacent to an activating group) is 1. The van der Waals surface area contributed by atoms with Crippen molar-refractivity contribution >= 4 is 27.5 Å². The van der Waals surface area contributed by atoms with Gasteiger partial charge in [-0.25, -0.2) is 8.42 Å². The Morgan fingerprint density at radius 2 is 1.46 bits per heavy atom. The van der Waals surface area contributed by atoms with Crippen molar-refractivity contribution in [1.29, 1.82) is 0 Å². The molecule has 208 valence electrons. The third-order valence-electron chi connectivity index (χ3n) is 6.87. The Hall–Kier alpha value is -3.65. The number of carbonyl (C=O) groups is 2. The fourth-order valence-electron chi connectivity index (χ4n) is 4.59. The monoisotopic (exact) mass is 549 g/mol. The molecule has 1 N–H and O–H groups in total. The molecule has 1 atom stereocenters. The van der Waals surface area contributed by atoms with Crippen molar-refractivity contribution in [2.75, 3.05) is 17.4 Å². The summed E-state index contributed by atoms with van der Waals surface area (Å²) in [6.45, 7) is 9.66. The van der Waals surface area contributed by atoms with Crippen molar-refractivity contribution in [1.82, 2.24) is 10.2 Å². The number of amides is 2. The van der Waals surface area contributed by atoms with Crippen LogP contribution in [0.15, 0.2) is 77.7 Å². The Morgan fingerprint density at radius 3 is 2.05 bits per heavy atom. The molecule has 2 amide bonds. The Bertz CT molecular complexity index is 1390. The van der Waals surface area contributed by atoms with Gasteiger partial charge in [-0.15, -0.1) is 0 Å². The first-order valence-corrected chi connectivity index (χ1v) is 14.9. The van der Waals surface area contributed by atoms with E-state index in [9.17, 15) is 18.0 Å². The summed E-state index contributed by atoms with van der Waals surface area (Å²) in [5.74, 6) is -0.707. The molecule has 0 saturated carbocycles. The maximum Gasteiger partial charge on any atom is 0.264 e. The predicted octanol–water partition coefficient (Wildman–Crippen LogP) is 5.00. The molecule has 0 spiro atoms. The molecule has 3 rings (SSSR count). The number of carbonyl (C=O) groups excluding carboxylic acids is 2. The molecule has 0 fully saturated rings. The van der Waals surface area contributed by atoms with E-state index in [4.69, 9.17) is 0 Å². The highest BCUT2D eigenvalue weighted by Gasteiger charge is 2.34. The molecule has 0 aliphatic carbocycles. The van der Waals surface area contributed by atoms with Crippen LogP contribution in [0.5, 0.6) is 0 Å². The third kappa shape index (κ3) is 7.06. The van der Waals surface area contributed by atoms with Crippen LogP contribution in [0, 0.1) is 13.8 Å². The number of nitrogens with zero attached hydrogens (tertiary/aromatic N) is 2. The highest BCUT2D eigenvalue weighted by molar-refractivity contribution is 7.92. The van der Waals surface area contributed by atoms with Gasteiger partial charge in [-0.05, 0) is 68.5 Å². The SMILES string of the molecule is CCNC(=O)[C@@H](CC)N(Cc1ccccc1C)C(=O)CN(c1ccccc1CC)S(=O)(=O)c1ccc(C)cc1. The molecule has 0 saturated heterocycles. The molecule has 0 bridgehead atoms. The van der Waals surface area contributed by atoms with Gasteiger partial charge >= 0.3 is 0 Å². The lowest BCUT2D eigenvalue weighted by atomic mass is 10.1. The number of anilines is 1. The fraction of sp³-hybridized carbons (Fsp3) is 0.355. The number of para-hydroxylation sites is 1. The highest BCUT2D eigenvalue weighted by Crippen LogP contribution is 2.28. The highest BCUT2D eigenvalue weighted by atomic mass is 32.2. The maximum absolute atomic E-state index is 14.1. The van der Waals surface area contributed by atoms with Crippen LogP contribution in [0.25, 0.3) is 0 Å². The number of rotatable bonds is 12. The summed E-state index contributed by atoms with van der Waals surface area (Å²) in [5.41, 5.74) is 4.08. The van der Waals surface area contributed by atoms with Crippen LogP contribution in [0.2, 0.25) is 0 Å². The van der Waals surface area contributed by atoms with Crippen LogP contribution in [0.3, 0.4) is 0 Å². The normalized spacial score (nSPS) is 12.0. The summed E-state index contributed by atoms with van der Waals surface area (Å²) in [4.78, 5) is 28.8. The smallest absolute Gasteiger partial charge is 0.264 e. The van der Waals surface area contributed by atoms with Crippen molar-refractivity contribution in [3.05, 3.63) is 95.1 Å². The second-order valence-electron chi connectivity index (χ2n) is 9.57. The summed E-state index contributed by atoms with van der Waals surface area (Å²) in [5, 5.41) is 2.83. The topological polar surface area (TPSA) is 86.8 Å². The van der Waals surface area contributed by atoms with Gasteiger partial charge in [0.2, 0.25) is 11.8 Å². The molecule has 3 aromatic carbocycles. The zero-order valence-electron chi connectivity index (χ0n) is 23.5. The quantitative estimate of drug-likeness (QED) is 0.344. The number of hydrogen-bond donors (Lipinski definition) is 1. The Labute approximate surface area is 232 Å². The minimum absolute atomic E-state index is 0.105. The van der Waals surface area contributed by atoms with Gasteiger partial charge < -0.3 is 10.2 Å². The van der Waals surface area contributed by atoms with Crippen LogP contribution in [0.1, 0.15) is 49.4 Å². The fourth-order valence-corrected chi connectivity index (χ4v) is 6.04. The van der Waals surface area contributed by atoms with Gasteiger partial charge in [0, 0.05) is 13.1 Å². The average molecular weight is 550 g/mol. The zero-order valence-corrected chi connectivity index (χ0v) is 24.3. The summed E-state index contributed by atoms with van der Waals surface area (Å²) < 4.78 is 29.3. The van der Waals surface area contributed by atoms with E-state index >= 15 is 0 Å². The van der Waals surface area contributed by atoms with Gasteiger partial charge in [0.15, 0.2) is 0 Å². The summed E-state index contributed by atoms with van der Waals surface area (Å²) >= 11 is 0. The van der Waals surface area contributed by atoms with E-state index in [0.29, 0.717) is 25.1 Å². The third-order valence-corrected chi connectivity index (χ3v) is 8.64. The Balaban J connectivity index is 2.11. The van der Waals surface area contributed by atoms with Crippen LogP contribution < -0.4 is 9.62 Å². The molecule has 0 aliphatic heterocycles. The lowest BCUT2D eigenvalue weighted by Gasteiger charge is -2.34. The molecule has 0 radical (unpaired) electrons. The van der Waals surface area contributed by atoms with Crippen molar-refractivity contribution in [3.63, 3.8) is 0 Å². The zero-order chi connectivity index (χ0) is 28.6. The molecular weight excluding hydrogens is 510 g/mol. The van der Waals surface area contributed by atoms with E-state index in [2.05, 4.69) is 5.32 Å². The molecule has 0 heterocycles. The summed E-state index contributed by atoms with van der Waals surface area (Å²) in [7, 11) is -4.09. The van der Waals surface area contributed by atoms with Crippen LogP contribution >= 0.6 is 0 Å². The molecule has 0 aliphatic rings. The number of benzene rings is 3. The number of sulfonamides is 1. The van der Waals surface area contributed by atoms with Crippen molar-refractivity contribution in [2.24, 2.45) is 0 Å². The first-order chi connectivity index (χ1) is 18.6. The molecule has 8 heteroatoms. The average Bonchev–Trinajstić information content (AvgIpc) is 2.92. The molecule has 0 aromatic heterocycles. The molecular formula is C31H39N3O4S. The van der Waals surface area contributed by atoms with Crippen LogP contribution in [0.4, 0.5) is 5.69 Å². The van der Waals surface area contributed by atoms with Gasteiger partial charge in [-0.2, -0.15) is 0 Å². The molecule has 39 heavy (non-hydrogen) atoms. The first-order valence-electron chi connectivity index (χ1n) is 13.4. The minimum Gasteiger partial charge on any atom is -0.355 e. The van der Waals surface area contributed by atoms with E-state index in [1.165, 1.54) is 9.21 Å². The summed E-state index contributed by atoms with van der Waals surface area (Å²) in [6.07, 6.45) is 0.980. The van der Waals surface area contributed by atoms with Gasteiger partial charge in [-0.3, -0.25) is 13.9 Å². The van der Waals surface area contributed by atoms with E-state index in [1.54, 1.807) is 36.4 Å². The maximum atomic E-state index is 14.1. The molecule has 3 aromatic rings. The van der Waals surface area contributed by atoms with Gasteiger partial charge in [-0.1, -0.05) is 74.0 Å². The second kappa shape index (κ2) is 13.4. The van der Waals surface area contributed by atoms with Crippen molar-refractivity contribution in [2.45, 2.75) is 64.9 Å². The van der Waals surface area contributed by atoms with E-state index in [1.807, 2.05) is 71.0 Å².